The Morgan fingerprint density at radius 3 is 2.53 bits per heavy atom. The zero-order valence-corrected chi connectivity index (χ0v) is 10.8. The standard InChI is InChI=1S/C15H18O2/c1-11(7-8-16)5-6-14-9-13(3)15(17-4)10-12(14)2/h5-10H,1-4H3. The van der Waals surface area contributed by atoms with Crippen molar-refractivity contribution < 1.29 is 9.53 Å². The monoisotopic (exact) mass is 230 g/mol. The molecule has 0 N–H and O–H groups in total. The summed E-state index contributed by atoms with van der Waals surface area (Å²) in [6.45, 7) is 5.96. The zero-order valence-electron chi connectivity index (χ0n) is 10.8. The highest BCUT2D eigenvalue weighted by Gasteiger charge is 2.02. The lowest BCUT2D eigenvalue weighted by molar-refractivity contribution is -0.104. The predicted octanol–water partition coefficient (Wildman–Crippen LogP) is 3.47. The van der Waals surface area contributed by atoms with Gasteiger partial charge in [0.25, 0.3) is 0 Å². The lowest BCUT2D eigenvalue weighted by Gasteiger charge is -2.08. The average Bonchev–Trinajstić information content (AvgIpc) is 2.30. The Morgan fingerprint density at radius 1 is 1.24 bits per heavy atom. The lowest BCUT2D eigenvalue weighted by atomic mass is 10.0. The Kier molecular flexibility index (Phi) is 4.70. The van der Waals surface area contributed by atoms with E-state index in [1.54, 1.807) is 13.2 Å². The maximum atomic E-state index is 10.3. The van der Waals surface area contributed by atoms with Crippen LogP contribution in [0.2, 0.25) is 0 Å². The second-order valence-electron chi connectivity index (χ2n) is 4.06. The first-order valence-electron chi connectivity index (χ1n) is 5.54. The molecule has 1 aromatic carbocycles. The Labute approximate surface area is 103 Å². The number of carbonyl (C=O) groups excluding carboxylic acids is 1. The second-order valence-corrected chi connectivity index (χ2v) is 4.06. The maximum Gasteiger partial charge on any atom is 0.143 e. The number of allylic oxidation sites excluding steroid dienone is 3. The highest BCUT2D eigenvalue weighted by molar-refractivity contribution is 5.68. The Balaban J connectivity index is 3.04. The van der Waals surface area contributed by atoms with Gasteiger partial charge in [0.15, 0.2) is 0 Å². The summed E-state index contributed by atoms with van der Waals surface area (Å²) in [4.78, 5) is 10.3. The van der Waals surface area contributed by atoms with Gasteiger partial charge in [-0.3, -0.25) is 4.79 Å². The van der Waals surface area contributed by atoms with Crippen LogP contribution >= 0.6 is 0 Å². The van der Waals surface area contributed by atoms with Gasteiger partial charge in [-0.05, 0) is 61.2 Å². The van der Waals surface area contributed by atoms with Crippen LogP contribution in [0.1, 0.15) is 23.6 Å². The number of hydrogen-bond acceptors (Lipinski definition) is 2. The molecule has 0 radical (unpaired) electrons. The van der Waals surface area contributed by atoms with Gasteiger partial charge in [0, 0.05) is 0 Å². The number of carbonyl (C=O) groups is 1. The van der Waals surface area contributed by atoms with E-state index in [9.17, 15) is 4.79 Å². The largest absolute Gasteiger partial charge is 0.496 e. The molecule has 0 bridgehead atoms. The molecule has 0 aliphatic rings. The summed E-state index contributed by atoms with van der Waals surface area (Å²) in [5.41, 5.74) is 4.34. The van der Waals surface area contributed by atoms with E-state index in [4.69, 9.17) is 4.74 Å². The molecule has 0 atom stereocenters. The van der Waals surface area contributed by atoms with E-state index in [2.05, 4.69) is 6.07 Å². The van der Waals surface area contributed by atoms with Gasteiger partial charge in [-0.1, -0.05) is 12.2 Å². The number of rotatable bonds is 4. The molecular weight excluding hydrogens is 212 g/mol. The number of aldehydes is 1. The third-order valence-corrected chi connectivity index (χ3v) is 2.64. The van der Waals surface area contributed by atoms with Crippen molar-refractivity contribution in [3.63, 3.8) is 0 Å². The molecule has 17 heavy (non-hydrogen) atoms. The van der Waals surface area contributed by atoms with E-state index >= 15 is 0 Å². The number of hydrogen-bond donors (Lipinski definition) is 0. The Morgan fingerprint density at radius 2 is 1.94 bits per heavy atom. The second kappa shape index (κ2) is 6.04. The zero-order chi connectivity index (χ0) is 12.8. The van der Waals surface area contributed by atoms with Crippen molar-refractivity contribution in [2.24, 2.45) is 0 Å². The fraction of sp³-hybridized carbons (Fsp3) is 0.267. The minimum absolute atomic E-state index is 0.797. The summed E-state index contributed by atoms with van der Waals surface area (Å²) in [6.07, 6.45) is 6.29. The van der Waals surface area contributed by atoms with Crippen molar-refractivity contribution in [2.45, 2.75) is 20.8 Å². The summed E-state index contributed by atoms with van der Waals surface area (Å²) in [6, 6.07) is 4.10. The van der Waals surface area contributed by atoms with Gasteiger partial charge in [0.1, 0.15) is 12.0 Å². The molecule has 1 rings (SSSR count). The number of aryl methyl sites for hydroxylation is 2. The summed E-state index contributed by atoms with van der Waals surface area (Å²) in [7, 11) is 1.67. The first-order valence-corrected chi connectivity index (χ1v) is 5.54. The van der Waals surface area contributed by atoms with Crippen LogP contribution in [-0.2, 0) is 4.79 Å². The molecule has 0 aliphatic carbocycles. The van der Waals surface area contributed by atoms with Crippen molar-refractivity contribution in [3.05, 3.63) is 46.5 Å². The minimum atomic E-state index is 0.797. The highest BCUT2D eigenvalue weighted by atomic mass is 16.5. The SMILES string of the molecule is COc1cc(C)c(C=CC(C)=CC=O)cc1C. The van der Waals surface area contributed by atoms with Gasteiger partial charge in [-0.2, -0.15) is 0 Å². The van der Waals surface area contributed by atoms with Crippen molar-refractivity contribution in [2.75, 3.05) is 7.11 Å². The third-order valence-electron chi connectivity index (χ3n) is 2.64. The van der Waals surface area contributed by atoms with Crippen molar-refractivity contribution >= 4 is 12.4 Å². The van der Waals surface area contributed by atoms with Crippen molar-refractivity contribution in [3.8, 4) is 5.75 Å². The van der Waals surface area contributed by atoms with Crippen molar-refractivity contribution in [1.82, 2.24) is 0 Å². The van der Waals surface area contributed by atoms with Gasteiger partial charge < -0.3 is 4.74 Å². The van der Waals surface area contributed by atoms with E-state index < -0.39 is 0 Å². The molecular formula is C15H18O2. The van der Waals surface area contributed by atoms with Crippen LogP contribution in [0.5, 0.6) is 5.75 Å². The Bertz CT molecular complexity index is 468. The highest BCUT2D eigenvalue weighted by Crippen LogP contribution is 2.23. The summed E-state index contributed by atoms with van der Waals surface area (Å²) < 4.78 is 5.26. The quantitative estimate of drug-likeness (QED) is 0.450. The van der Waals surface area contributed by atoms with E-state index in [0.717, 1.165) is 34.3 Å². The van der Waals surface area contributed by atoms with E-state index in [-0.39, 0.29) is 0 Å². The van der Waals surface area contributed by atoms with E-state index in [1.165, 1.54) is 0 Å². The van der Waals surface area contributed by atoms with Gasteiger partial charge >= 0.3 is 0 Å². The molecule has 0 aromatic heterocycles. The fourth-order valence-electron chi connectivity index (χ4n) is 1.60. The third kappa shape index (κ3) is 3.59. The van der Waals surface area contributed by atoms with E-state index in [1.807, 2.05) is 39.0 Å². The first kappa shape index (κ1) is 13.2. The molecule has 90 valence electrons. The van der Waals surface area contributed by atoms with Crippen LogP contribution in [0, 0.1) is 13.8 Å². The molecule has 0 heterocycles. The molecule has 0 fully saturated rings. The first-order chi connectivity index (χ1) is 8.08. The number of methoxy groups -OCH3 is 1. The summed E-state index contributed by atoms with van der Waals surface area (Å²) in [5, 5.41) is 0. The fourth-order valence-corrected chi connectivity index (χ4v) is 1.60. The topological polar surface area (TPSA) is 26.3 Å². The smallest absolute Gasteiger partial charge is 0.143 e. The summed E-state index contributed by atoms with van der Waals surface area (Å²) in [5.74, 6) is 0.903. The van der Waals surface area contributed by atoms with Crippen LogP contribution < -0.4 is 4.74 Å². The molecule has 0 saturated carbocycles. The average molecular weight is 230 g/mol. The van der Waals surface area contributed by atoms with Gasteiger partial charge in [0.05, 0.1) is 7.11 Å². The van der Waals surface area contributed by atoms with Gasteiger partial charge in [0.2, 0.25) is 0 Å². The predicted molar refractivity (Wildman–Crippen MR) is 71.3 cm³/mol. The molecule has 0 unspecified atom stereocenters. The number of benzene rings is 1. The van der Waals surface area contributed by atoms with Gasteiger partial charge in [-0.15, -0.1) is 0 Å². The molecule has 0 amide bonds. The molecule has 2 nitrogen and oxygen atoms in total. The van der Waals surface area contributed by atoms with Gasteiger partial charge in [-0.25, -0.2) is 0 Å². The van der Waals surface area contributed by atoms with Crippen LogP contribution in [0.3, 0.4) is 0 Å². The van der Waals surface area contributed by atoms with Crippen molar-refractivity contribution in [1.29, 1.82) is 0 Å². The lowest BCUT2D eigenvalue weighted by Crippen LogP contribution is -1.90. The Hall–Kier alpha value is -1.83. The minimum Gasteiger partial charge on any atom is -0.496 e. The van der Waals surface area contributed by atoms with E-state index in [0.29, 0.717) is 0 Å². The van der Waals surface area contributed by atoms with Crippen LogP contribution in [0.25, 0.3) is 6.08 Å². The van der Waals surface area contributed by atoms with Crippen LogP contribution in [-0.4, -0.2) is 13.4 Å². The normalized spacial score (nSPS) is 11.9. The van der Waals surface area contributed by atoms with Crippen LogP contribution in [0.4, 0.5) is 0 Å². The summed E-state index contributed by atoms with van der Waals surface area (Å²) >= 11 is 0. The molecule has 0 spiro atoms. The molecule has 2 heteroatoms. The molecule has 0 aliphatic heterocycles. The van der Waals surface area contributed by atoms with Crippen LogP contribution in [0.15, 0.2) is 29.9 Å². The maximum absolute atomic E-state index is 10.3. The molecule has 1 aromatic rings. The number of ether oxygens (including phenoxy) is 1. The molecule has 0 saturated heterocycles.